The van der Waals surface area contributed by atoms with Gasteiger partial charge in [0.2, 0.25) is 5.91 Å². The molecule has 25 heavy (non-hydrogen) atoms. The summed E-state index contributed by atoms with van der Waals surface area (Å²) in [4.78, 5) is 18.2. The van der Waals surface area contributed by atoms with E-state index in [2.05, 4.69) is 15.6 Å². The number of amides is 1. The Morgan fingerprint density at radius 1 is 1.40 bits per heavy atom. The zero-order chi connectivity index (χ0) is 18.1. The number of aliphatic imine (C=N–C) groups is 1. The summed E-state index contributed by atoms with van der Waals surface area (Å²) >= 11 is 6.06. The molecule has 6 nitrogen and oxygen atoms in total. The summed E-state index contributed by atoms with van der Waals surface area (Å²) in [5.74, 6) is 1.63. The number of carbonyl (C=O) groups excluding carboxylic acids is 1. The first kappa shape index (κ1) is 19.4. The van der Waals surface area contributed by atoms with E-state index in [1.807, 2.05) is 36.9 Å². The number of guanidine groups is 1. The fourth-order valence-corrected chi connectivity index (χ4v) is 2.91. The van der Waals surface area contributed by atoms with Crippen LogP contribution >= 0.6 is 11.6 Å². The van der Waals surface area contributed by atoms with E-state index in [1.165, 1.54) is 0 Å². The predicted octanol–water partition coefficient (Wildman–Crippen LogP) is 2.28. The van der Waals surface area contributed by atoms with Gasteiger partial charge in [0.25, 0.3) is 0 Å². The van der Waals surface area contributed by atoms with E-state index in [-0.39, 0.29) is 11.9 Å². The first-order valence-corrected chi connectivity index (χ1v) is 9.21. The highest BCUT2D eigenvalue weighted by Gasteiger charge is 2.25. The van der Waals surface area contributed by atoms with Gasteiger partial charge in [0, 0.05) is 32.1 Å². The van der Waals surface area contributed by atoms with Gasteiger partial charge in [-0.1, -0.05) is 30.7 Å². The summed E-state index contributed by atoms with van der Waals surface area (Å²) in [6.45, 7) is 7.21. The Kier molecular flexibility index (Phi) is 7.85. The summed E-state index contributed by atoms with van der Waals surface area (Å²) in [5, 5.41) is 7.23. The minimum Gasteiger partial charge on any atom is -0.490 e. The Labute approximate surface area is 154 Å². The van der Waals surface area contributed by atoms with Gasteiger partial charge >= 0.3 is 0 Å². The lowest BCUT2D eigenvalue weighted by molar-refractivity contribution is -0.129. The third-order valence-corrected chi connectivity index (χ3v) is 4.30. The van der Waals surface area contributed by atoms with Crippen molar-refractivity contribution in [1.29, 1.82) is 0 Å². The lowest BCUT2D eigenvalue weighted by Gasteiger charge is -2.18. The monoisotopic (exact) mass is 366 g/mol. The lowest BCUT2D eigenvalue weighted by atomic mass is 10.3. The van der Waals surface area contributed by atoms with Crippen LogP contribution < -0.4 is 15.4 Å². The molecule has 1 unspecified atom stereocenters. The molecule has 7 heteroatoms. The summed E-state index contributed by atoms with van der Waals surface area (Å²) in [6, 6.07) is 7.63. The number of hydrogen-bond acceptors (Lipinski definition) is 3. The highest BCUT2D eigenvalue weighted by atomic mass is 35.5. The number of halogens is 1. The quantitative estimate of drug-likeness (QED) is 0.441. The van der Waals surface area contributed by atoms with E-state index in [9.17, 15) is 4.79 Å². The Balaban J connectivity index is 1.80. The molecular formula is C18H27ClN4O2. The largest absolute Gasteiger partial charge is 0.490 e. The second-order valence-corrected chi connectivity index (χ2v) is 6.27. The van der Waals surface area contributed by atoms with E-state index in [4.69, 9.17) is 16.3 Å². The standard InChI is InChI=1S/C18H27ClN4O2/c1-3-17(24)23-11-9-14(13-23)22-18(20-4-2)21-10-12-25-16-8-6-5-7-15(16)19/h5-8,14H,3-4,9-13H2,1-2H3,(H2,20,21,22). The van der Waals surface area contributed by atoms with E-state index in [1.54, 1.807) is 6.07 Å². The van der Waals surface area contributed by atoms with Crippen molar-refractivity contribution < 1.29 is 9.53 Å². The lowest BCUT2D eigenvalue weighted by Crippen LogP contribution is -2.45. The molecule has 1 aliphatic heterocycles. The minimum atomic E-state index is 0.208. The normalized spacial score (nSPS) is 17.5. The molecule has 2 N–H and O–H groups in total. The van der Waals surface area contributed by atoms with Gasteiger partial charge in [0.1, 0.15) is 12.4 Å². The number of benzene rings is 1. The Hall–Kier alpha value is -1.95. The molecule has 138 valence electrons. The Bertz CT molecular complexity index is 594. The number of likely N-dealkylation sites (tertiary alicyclic amines) is 1. The van der Waals surface area contributed by atoms with E-state index < -0.39 is 0 Å². The molecule has 1 amide bonds. The van der Waals surface area contributed by atoms with E-state index in [0.29, 0.717) is 30.3 Å². The molecule has 1 aromatic carbocycles. The van der Waals surface area contributed by atoms with Crippen LogP contribution in [0.4, 0.5) is 0 Å². The molecule has 1 fully saturated rings. The van der Waals surface area contributed by atoms with Crippen LogP contribution in [-0.2, 0) is 4.79 Å². The van der Waals surface area contributed by atoms with Crippen LogP contribution in [0.2, 0.25) is 5.02 Å². The van der Waals surface area contributed by atoms with Gasteiger partial charge in [-0.25, -0.2) is 4.99 Å². The van der Waals surface area contributed by atoms with E-state index >= 15 is 0 Å². The molecule has 1 aliphatic rings. The van der Waals surface area contributed by atoms with Crippen molar-refractivity contribution >= 4 is 23.5 Å². The van der Waals surface area contributed by atoms with Crippen LogP contribution in [-0.4, -0.2) is 55.6 Å². The van der Waals surface area contributed by atoms with Gasteiger partial charge in [-0.3, -0.25) is 4.79 Å². The molecule has 1 atom stereocenters. The zero-order valence-corrected chi connectivity index (χ0v) is 15.7. The van der Waals surface area contributed by atoms with Crippen molar-refractivity contribution in [3.05, 3.63) is 29.3 Å². The molecular weight excluding hydrogens is 340 g/mol. The van der Waals surface area contributed by atoms with Crippen molar-refractivity contribution in [3.63, 3.8) is 0 Å². The number of nitrogens with zero attached hydrogens (tertiary/aromatic N) is 2. The third-order valence-electron chi connectivity index (χ3n) is 3.98. The number of rotatable bonds is 7. The molecule has 0 spiro atoms. The van der Waals surface area contributed by atoms with Crippen LogP contribution in [0, 0.1) is 0 Å². The van der Waals surface area contributed by atoms with Crippen molar-refractivity contribution in [2.24, 2.45) is 4.99 Å². The van der Waals surface area contributed by atoms with Crippen molar-refractivity contribution in [3.8, 4) is 5.75 Å². The van der Waals surface area contributed by atoms with Gasteiger partial charge in [0.15, 0.2) is 5.96 Å². The molecule has 1 heterocycles. The van der Waals surface area contributed by atoms with Crippen LogP contribution in [0.15, 0.2) is 29.3 Å². The fourth-order valence-electron chi connectivity index (χ4n) is 2.72. The van der Waals surface area contributed by atoms with Crippen LogP contribution in [0.5, 0.6) is 5.75 Å². The van der Waals surface area contributed by atoms with Gasteiger partial charge in [0.05, 0.1) is 11.6 Å². The second kappa shape index (κ2) is 10.1. The SMILES string of the molecule is CCNC(=NCCOc1ccccc1Cl)NC1CCN(C(=O)CC)C1. The van der Waals surface area contributed by atoms with Crippen LogP contribution in [0.25, 0.3) is 0 Å². The number of nitrogens with one attached hydrogen (secondary N) is 2. The van der Waals surface area contributed by atoms with Gasteiger partial charge < -0.3 is 20.3 Å². The van der Waals surface area contributed by atoms with Gasteiger partial charge in [-0.05, 0) is 25.5 Å². The molecule has 0 saturated carbocycles. The Morgan fingerprint density at radius 3 is 2.92 bits per heavy atom. The maximum absolute atomic E-state index is 11.8. The van der Waals surface area contributed by atoms with Crippen molar-refractivity contribution in [1.82, 2.24) is 15.5 Å². The first-order chi connectivity index (χ1) is 12.1. The van der Waals surface area contributed by atoms with Gasteiger partial charge in [-0.2, -0.15) is 0 Å². The zero-order valence-electron chi connectivity index (χ0n) is 14.9. The van der Waals surface area contributed by atoms with E-state index in [0.717, 1.165) is 32.0 Å². The average molecular weight is 367 g/mol. The summed E-state index contributed by atoms with van der Waals surface area (Å²) in [7, 11) is 0. The number of hydrogen-bond donors (Lipinski definition) is 2. The molecule has 1 saturated heterocycles. The van der Waals surface area contributed by atoms with Crippen LogP contribution in [0.3, 0.4) is 0 Å². The predicted molar refractivity (Wildman–Crippen MR) is 101 cm³/mol. The maximum Gasteiger partial charge on any atom is 0.222 e. The highest BCUT2D eigenvalue weighted by Crippen LogP contribution is 2.22. The fraction of sp³-hybridized carbons (Fsp3) is 0.556. The van der Waals surface area contributed by atoms with Gasteiger partial charge in [-0.15, -0.1) is 0 Å². The molecule has 0 aliphatic carbocycles. The molecule has 0 radical (unpaired) electrons. The molecule has 0 bridgehead atoms. The average Bonchev–Trinajstić information content (AvgIpc) is 3.08. The minimum absolute atomic E-state index is 0.208. The smallest absolute Gasteiger partial charge is 0.222 e. The summed E-state index contributed by atoms with van der Waals surface area (Å²) < 4.78 is 5.65. The van der Waals surface area contributed by atoms with Crippen molar-refractivity contribution in [2.75, 3.05) is 32.8 Å². The molecule has 0 aromatic heterocycles. The second-order valence-electron chi connectivity index (χ2n) is 5.86. The summed E-state index contributed by atoms with van der Waals surface area (Å²) in [5.41, 5.74) is 0. The molecule has 1 aromatic rings. The number of para-hydroxylation sites is 1. The summed E-state index contributed by atoms with van der Waals surface area (Å²) in [6.07, 6.45) is 1.49. The maximum atomic E-state index is 11.8. The first-order valence-electron chi connectivity index (χ1n) is 8.84. The van der Waals surface area contributed by atoms with Crippen molar-refractivity contribution in [2.45, 2.75) is 32.7 Å². The number of carbonyl (C=O) groups is 1. The highest BCUT2D eigenvalue weighted by molar-refractivity contribution is 6.32. The Morgan fingerprint density at radius 2 is 2.20 bits per heavy atom. The molecule has 2 rings (SSSR count). The van der Waals surface area contributed by atoms with Crippen LogP contribution in [0.1, 0.15) is 26.7 Å². The topological polar surface area (TPSA) is 66.0 Å². The number of ether oxygens (including phenoxy) is 1. The third kappa shape index (κ3) is 6.12.